The molecule has 8 nitrogen and oxygen atoms in total. The van der Waals surface area contributed by atoms with Crippen LogP contribution in [0, 0.1) is 5.92 Å². The van der Waals surface area contributed by atoms with Crippen molar-refractivity contribution in [3.8, 4) is 11.5 Å². The van der Waals surface area contributed by atoms with E-state index < -0.39 is 15.9 Å². The summed E-state index contributed by atoms with van der Waals surface area (Å²) in [7, 11) is -1.88. The first-order chi connectivity index (χ1) is 15.7. The van der Waals surface area contributed by atoms with Crippen LogP contribution in [-0.4, -0.2) is 63.4 Å². The molecule has 1 saturated carbocycles. The van der Waals surface area contributed by atoms with E-state index in [0.717, 1.165) is 18.4 Å². The van der Waals surface area contributed by atoms with Crippen molar-refractivity contribution in [3.05, 3.63) is 47.1 Å². The summed E-state index contributed by atoms with van der Waals surface area (Å²) in [5, 5.41) is 3.02. The molecule has 178 valence electrons. The molecule has 1 heterocycles. The van der Waals surface area contributed by atoms with Gasteiger partial charge in [0, 0.05) is 24.3 Å². The van der Waals surface area contributed by atoms with Crippen LogP contribution in [0.2, 0.25) is 0 Å². The summed E-state index contributed by atoms with van der Waals surface area (Å²) in [5.41, 5.74) is 2.04. The highest BCUT2D eigenvalue weighted by molar-refractivity contribution is 7.90. The molecule has 0 aromatic heterocycles. The summed E-state index contributed by atoms with van der Waals surface area (Å²) in [6.45, 7) is 2.56. The van der Waals surface area contributed by atoms with Crippen molar-refractivity contribution in [1.82, 2.24) is 10.2 Å². The van der Waals surface area contributed by atoms with Gasteiger partial charge >= 0.3 is 0 Å². The van der Waals surface area contributed by atoms with Crippen LogP contribution in [0.1, 0.15) is 37.8 Å². The number of nitrogens with zero attached hydrogens (tertiary/aromatic N) is 1. The molecule has 0 bridgehead atoms. The lowest BCUT2D eigenvalue weighted by atomic mass is 9.94. The molecule has 1 fully saturated rings. The zero-order valence-electron chi connectivity index (χ0n) is 19.2. The summed E-state index contributed by atoms with van der Waals surface area (Å²) in [6.07, 6.45) is 7.35. The second-order valence-corrected chi connectivity index (χ2v) is 11.0. The molecule has 1 N–H and O–H groups in total. The van der Waals surface area contributed by atoms with Crippen LogP contribution in [0.15, 0.2) is 41.5 Å². The number of sulfone groups is 1. The Kier molecular flexibility index (Phi) is 6.52. The smallest absolute Gasteiger partial charge is 0.253 e. The summed E-state index contributed by atoms with van der Waals surface area (Å²) < 4.78 is 35.7. The molecule has 4 rings (SSSR count). The summed E-state index contributed by atoms with van der Waals surface area (Å²) in [4.78, 5) is 27.5. The van der Waals surface area contributed by atoms with Crippen molar-refractivity contribution >= 4 is 21.7 Å². The van der Waals surface area contributed by atoms with Crippen LogP contribution >= 0.6 is 0 Å². The zero-order valence-corrected chi connectivity index (χ0v) is 20.0. The maximum atomic E-state index is 13.6. The molecule has 0 spiro atoms. The Morgan fingerprint density at radius 1 is 1.27 bits per heavy atom. The molecule has 1 aromatic rings. The number of carbonyl (C=O) groups excluding carboxylic acids is 2. The van der Waals surface area contributed by atoms with Gasteiger partial charge in [0.1, 0.15) is 9.84 Å². The number of hydrogen-bond donors (Lipinski definition) is 1. The van der Waals surface area contributed by atoms with Crippen molar-refractivity contribution in [1.29, 1.82) is 0 Å². The van der Waals surface area contributed by atoms with Crippen LogP contribution in [0.3, 0.4) is 0 Å². The third kappa shape index (κ3) is 5.08. The number of benzene rings is 1. The lowest BCUT2D eigenvalue weighted by Crippen LogP contribution is -2.42. The molecule has 2 amide bonds. The van der Waals surface area contributed by atoms with Crippen LogP contribution in [0.4, 0.5) is 0 Å². The monoisotopic (exact) mass is 474 g/mol. The third-order valence-electron chi connectivity index (χ3n) is 6.19. The van der Waals surface area contributed by atoms with Gasteiger partial charge in [-0.1, -0.05) is 18.2 Å². The molecular weight excluding hydrogens is 444 g/mol. The predicted octanol–water partition coefficient (Wildman–Crippen LogP) is 2.17. The second-order valence-electron chi connectivity index (χ2n) is 8.80. The standard InChI is InChI=1S/C24H30N2O6S/c1-4-32-21-12-16(10-11-20(21)31-2)19(14-33(3,29)30)26-13-17-6-5-7-18(22(17)24(26)28)25-23(27)15-8-9-15/h5-6,10-12,15,18-19H,4,7-9,13-14H2,1-3H3,(H,25,27). The minimum absolute atomic E-state index is 0.0161. The molecule has 1 aromatic carbocycles. The van der Waals surface area contributed by atoms with Crippen molar-refractivity contribution in [2.24, 2.45) is 5.92 Å². The number of ether oxygens (including phenoxy) is 2. The first-order valence-corrected chi connectivity index (χ1v) is 13.3. The highest BCUT2D eigenvalue weighted by Crippen LogP contribution is 2.38. The first kappa shape index (κ1) is 23.4. The van der Waals surface area contributed by atoms with Crippen LogP contribution in [0.5, 0.6) is 11.5 Å². The Balaban J connectivity index is 1.65. The van der Waals surface area contributed by atoms with Gasteiger partial charge in [0.05, 0.1) is 31.6 Å². The van der Waals surface area contributed by atoms with Crippen molar-refractivity contribution in [3.63, 3.8) is 0 Å². The minimum Gasteiger partial charge on any atom is -0.493 e. The molecule has 0 saturated heterocycles. The van der Waals surface area contributed by atoms with Crippen LogP contribution < -0.4 is 14.8 Å². The van der Waals surface area contributed by atoms with Gasteiger partial charge in [-0.3, -0.25) is 9.59 Å². The molecule has 2 aliphatic carbocycles. The molecular formula is C24H30N2O6S. The average molecular weight is 475 g/mol. The Hall–Kier alpha value is -2.81. The molecule has 9 heteroatoms. The van der Waals surface area contributed by atoms with E-state index in [2.05, 4.69) is 5.32 Å². The summed E-state index contributed by atoms with van der Waals surface area (Å²) >= 11 is 0. The molecule has 2 unspecified atom stereocenters. The quantitative estimate of drug-likeness (QED) is 0.589. The summed E-state index contributed by atoms with van der Waals surface area (Å²) in [5.74, 6) is 0.599. The van der Waals surface area contributed by atoms with Crippen molar-refractivity contribution in [2.75, 3.05) is 32.3 Å². The average Bonchev–Trinajstić information content (AvgIpc) is 3.56. The number of amides is 2. The number of rotatable bonds is 9. The van der Waals surface area contributed by atoms with E-state index in [1.54, 1.807) is 23.1 Å². The number of carbonyl (C=O) groups is 2. The zero-order chi connectivity index (χ0) is 23.8. The Morgan fingerprint density at radius 3 is 2.67 bits per heavy atom. The molecule has 33 heavy (non-hydrogen) atoms. The highest BCUT2D eigenvalue weighted by atomic mass is 32.2. The van der Waals surface area contributed by atoms with E-state index in [1.165, 1.54) is 13.4 Å². The van der Waals surface area contributed by atoms with E-state index in [-0.39, 0.29) is 36.1 Å². The minimum atomic E-state index is -3.41. The number of nitrogens with one attached hydrogen (secondary N) is 1. The number of methoxy groups -OCH3 is 1. The van der Waals surface area contributed by atoms with Gasteiger partial charge in [0.15, 0.2) is 11.5 Å². The fourth-order valence-electron chi connectivity index (χ4n) is 4.45. The molecule has 3 aliphatic rings. The first-order valence-electron chi connectivity index (χ1n) is 11.2. The normalized spacial score (nSPS) is 21.1. The van der Waals surface area contributed by atoms with E-state index in [0.29, 0.717) is 35.7 Å². The largest absolute Gasteiger partial charge is 0.493 e. The van der Waals surface area contributed by atoms with E-state index >= 15 is 0 Å². The Morgan fingerprint density at radius 2 is 2.03 bits per heavy atom. The topological polar surface area (TPSA) is 102 Å². The van der Waals surface area contributed by atoms with Gasteiger partial charge in [-0.25, -0.2) is 8.42 Å². The van der Waals surface area contributed by atoms with Crippen molar-refractivity contribution < 1.29 is 27.5 Å². The number of hydrogen-bond acceptors (Lipinski definition) is 6. The van der Waals surface area contributed by atoms with Gasteiger partial charge in [-0.15, -0.1) is 0 Å². The fraction of sp³-hybridized carbons (Fsp3) is 0.500. The second kappa shape index (κ2) is 9.21. The van der Waals surface area contributed by atoms with Crippen LogP contribution in [-0.2, 0) is 19.4 Å². The van der Waals surface area contributed by atoms with Crippen LogP contribution in [0.25, 0.3) is 0 Å². The van der Waals surface area contributed by atoms with Gasteiger partial charge in [-0.2, -0.15) is 0 Å². The van der Waals surface area contributed by atoms with Gasteiger partial charge in [0.2, 0.25) is 5.91 Å². The van der Waals surface area contributed by atoms with E-state index in [4.69, 9.17) is 9.47 Å². The maximum Gasteiger partial charge on any atom is 0.253 e. The molecule has 0 radical (unpaired) electrons. The molecule has 1 aliphatic heterocycles. The fourth-order valence-corrected chi connectivity index (χ4v) is 5.40. The lowest BCUT2D eigenvalue weighted by Gasteiger charge is -2.29. The SMILES string of the molecule is CCOc1cc(C(CS(C)(=O)=O)N2CC3=C(C2=O)C(NC(=O)C2CC2)CC=C3)ccc1OC. The third-order valence-corrected chi connectivity index (χ3v) is 7.11. The summed E-state index contributed by atoms with van der Waals surface area (Å²) in [6, 6.07) is 4.15. The van der Waals surface area contributed by atoms with Crippen molar-refractivity contribution in [2.45, 2.75) is 38.3 Å². The highest BCUT2D eigenvalue weighted by Gasteiger charge is 2.41. The molecule has 2 atom stereocenters. The van der Waals surface area contributed by atoms with E-state index in [1.807, 2.05) is 19.1 Å². The Bertz CT molecular complexity index is 1120. The van der Waals surface area contributed by atoms with Gasteiger partial charge in [-0.05, 0) is 49.5 Å². The van der Waals surface area contributed by atoms with Gasteiger partial charge < -0.3 is 19.7 Å². The van der Waals surface area contributed by atoms with E-state index in [9.17, 15) is 18.0 Å². The predicted molar refractivity (Wildman–Crippen MR) is 124 cm³/mol. The van der Waals surface area contributed by atoms with Gasteiger partial charge in [0.25, 0.3) is 5.91 Å². The Labute approximate surface area is 194 Å². The lowest BCUT2D eigenvalue weighted by molar-refractivity contribution is -0.127. The maximum absolute atomic E-state index is 13.6.